The molecular weight excluding hydrogens is 342 g/mol. The second kappa shape index (κ2) is 9.63. The van der Waals surface area contributed by atoms with Crippen molar-refractivity contribution in [1.82, 2.24) is 10.2 Å². The predicted octanol–water partition coefficient (Wildman–Crippen LogP) is 1.71. The van der Waals surface area contributed by atoms with Gasteiger partial charge in [0.05, 0.1) is 19.7 Å². The lowest BCUT2D eigenvalue weighted by atomic mass is 10.1. The lowest BCUT2D eigenvalue weighted by Crippen LogP contribution is -2.48. The molecular formula is C18H28ClN3O3. The van der Waals surface area contributed by atoms with Gasteiger partial charge in [-0.05, 0) is 36.5 Å². The summed E-state index contributed by atoms with van der Waals surface area (Å²) >= 11 is 0. The molecule has 1 aliphatic rings. The molecule has 3 N–H and O–H groups in total. The van der Waals surface area contributed by atoms with Crippen LogP contribution in [0.2, 0.25) is 0 Å². The fourth-order valence-electron chi connectivity index (χ4n) is 2.42. The predicted molar refractivity (Wildman–Crippen MR) is 99.6 cm³/mol. The average molecular weight is 370 g/mol. The molecule has 0 aromatic heterocycles. The lowest BCUT2D eigenvalue weighted by Gasteiger charge is -2.23. The first-order valence-electron chi connectivity index (χ1n) is 8.38. The fraction of sp³-hybridized carbons (Fsp3) is 0.556. The molecule has 2 amide bonds. The number of amides is 2. The van der Waals surface area contributed by atoms with Gasteiger partial charge in [0.1, 0.15) is 5.75 Å². The van der Waals surface area contributed by atoms with Crippen molar-refractivity contribution in [3.63, 3.8) is 0 Å². The molecule has 0 bridgehead atoms. The molecule has 0 saturated heterocycles. The first-order chi connectivity index (χ1) is 11.4. The van der Waals surface area contributed by atoms with Crippen LogP contribution in [0.4, 0.5) is 0 Å². The van der Waals surface area contributed by atoms with E-state index in [1.165, 1.54) is 0 Å². The maximum absolute atomic E-state index is 12.5. The van der Waals surface area contributed by atoms with Crippen molar-refractivity contribution in [1.29, 1.82) is 0 Å². The molecule has 1 aromatic carbocycles. The zero-order chi connectivity index (χ0) is 17.7. The van der Waals surface area contributed by atoms with Crippen molar-refractivity contribution in [2.24, 2.45) is 11.7 Å². The van der Waals surface area contributed by atoms with Gasteiger partial charge in [-0.15, -0.1) is 12.4 Å². The van der Waals surface area contributed by atoms with Crippen LogP contribution in [-0.4, -0.2) is 42.5 Å². The molecule has 25 heavy (non-hydrogen) atoms. The number of hydrogen-bond donors (Lipinski definition) is 2. The van der Waals surface area contributed by atoms with Crippen LogP contribution in [0.5, 0.6) is 5.75 Å². The third-order valence-electron chi connectivity index (χ3n) is 4.25. The molecule has 0 radical (unpaired) electrons. The van der Waals surface area contributed by atoms with E-state index in [0.717, 1.165) is 24.2 Å². The van der Waals surface area contributed by atoms with E-state index >= 15 is 0 Å². The van der Waals surface area contributed by atoms with Crippen LogP contribution < -0.4 is 15.8 Å². The molecule has 0 unspecified atom stereocenters. The van der Waals surface area contributed by atoms with Gasteiger partial charge in [-0.2, -0.15) is 0 Å². The van der Waals surface area contributed by atoms with Crippen LogP contribution in [0.25, 0.3) is 0 Å². The van der Waals surface area contributed by atoms with Crippen molar-refractivity contribution in [2.45, 2.75) is 45.3 Å². The molecule has 0 aliphatic heterocycles. The zero-order valence-corrected chi connectivity index (χ0v) is 15.8. The number of methoxy groups -OCH3 is 1. The highest BCUT2D eigenvalue weighted by Crippen LogP contribution is 2.28. The molecule has 2 rings (SSSR count). The summed E-state index contributed by atoms with van der Waals surface area (Å²) in [6.45, 7) is 4.30. The summed E-state index contributed by atoms with van der Waals surface area (Å²) in [6, 6.07) is 7.36. The topological polar surface area (TPSA) is 84.7 Å². The Kier molecular flexibility index (Phi) is 8.19. The number of nitrogens with one attached hydrogen (secondary N) is 1. The lowest BCUT2D eigenvalue weighted by molar-refractivity contribution is -0.134. The summed E-state index contributed by atoms with van der Waals surface area (Å²) in [5.41, 5.74) is 6.84. The van der Waals surface area contributed by atoms with E-state index in [9.17, 15) is 9.59 Å². The van der Waals surface area contributed by atoms with E-state index in [4.69, 9.17) is 10.5 Å². The van der Waals surface area contributed by atoms with Gasteiger partial charge in [0, 0.05) is 12.6 Å². The van der Waals surface area contributed by atoms with Gasteiger partial charge < -0.3 is 20.7 Å². The van der Waals surface area contributed by atoms with Gasteiger partial charge in [-0.25, -0.2) is 0 Å². The molecule has 0 spiro atoms. The van der Waals surface area contributed by atoms with Crippen LogP contribution in [0.3, 0.4) is 0 Å². The number of nitrogens with two attached hydrogens (primary N) is 1. The number of nitrogens with zero attached hydrogens (tertiary/aromatic N) is 1. The van der Waals surface area contributed by atoms with E-state index in [1.54, 1.807) is 7.11 Å². The smallest absolute Gasteiger partial charge is 0.242 e. The standard InChI is InChI=1S/C18H27N3O3.ClH/c1-12(2)17(19)18(23)20-10-16(22)21(14-6-7-14)11-13-4-8-15(24-3)9-5-13;/h4-5,8-9,12,14,17H,6-7,10-11,19H2,1-3H3,(H,20,23);1H/t17-;/m0./s1. The van der Waals surface area contributed by atoms with Crippen LogP contribution in [0.1, 0.15) is 32.3 Å². The molecule has 140 valence electrons. The van der Waals surface area contributed by atoms with Gasteiger partial charge in [-0.3, -0.25) is 9.59 Å². The number of ether oxygens (including phenoxy) is 1. The van der Waals surface area contributed by atoms with E-state index in [2.05, 4.69) is 5.32 Å². The van der Waals surface area contributed by atoms with E-state index in [0.29, 0.717) is 6.54 Å². The first kappa shape index (κ1) is 21.3. The highest BCUT2D eigenvalue weighted by atomic mass is 35.5. The first-order valence-corrected chi connectivity index (χ1v) is 8.38. The van der Waals surface area contributed by atoms with Crippen LogP contribution in [-0.2, 0) is 16.1 Å². The van der Waals surface area contributed by atoms with Crippen molar-refractivity contribution in [3.8, 4) is 5.75 Å². The number of carbonyl (C=O) groups is 2. The Hall–Kier alpha value is -1.79. The van der Waals surface area contributed by atoms with Gasteiger partial charge in [0.25, 0.3) is 0 Å². The van der Waals surface area contributed by atoms with Crippen LogP contribution in [0, 0.1) is 5.92 Å². The van der Waals surface area contributed by atoms with E-state index in [1.807, 2.05) is 43.0 Å². The van der Waals surface area contributed by atoms with E-state index < -0.39 is 6.04 Å². The minimum absolute atomic E-state index is 0. The number of benzene rings is 1. The SMILES string of the molecule is COc1ccc(CN(C(=O)CNC(=O)[C@@H](N)C(C)C)C2CC2)cc1.Cl. The number of rotatable bonds is 8. The van der Waals surface area contributed by atoms with Crippen molar-refractivity contribution in [3.05, 3.63) is 29.8 Å². The molecule has 6 nitrogen and oxygen atoms in total. The highest BCUT2D eigenvalue weighted by Gasteiger charge is 2.32. The summed E-state index contributed by atoms with van der Waals surface area (Å²) < 4.78 is 5.15. The summed E-state index contributed by atoms with van der Waals surface area (Å²) in [7, 11) is 1.62. The number of halogens is 1. The Morgan fingerprint density at radius 3 is 2.36 bits per heavy atom. The fourth-order valence-corrected chi connectivity index (χ4v) is 2.42. The molecule has 1 aromatic rings. The zero-order valence-electron chi connectivity index (χ0n) is 15.0. The Morgan fingerprint density at radius 1 is 1.28 bits per heavy atom. The third-order valence-corrected chi connectivity index (χ3v) is 4.25. The highest BCUT2D eigenvalue weighted by molar-refractivity contribution is 5.87. The molecule has 1 aliphatic carbocycles. The quantitative estimate of drug-likeness (QED) is 0.730. The molecule has 7 heteroatoms. The van der Waals surface area contributed by atoms with Gasteiger partial charge in [0.15, 0.2) is 0 Å². The maximum Gasteiger partial charge on any atom is 0.242 e. The van der Waals surface area contributed by atoms with Gasteiger partial charge in [0.2, 0.25) is 11.8 Å². The normalized spacial score (nSPS) is 14.4. The minimum Gasteiger partial charge on any atom is -0.497 e. The number of hydrogen-bond acceptors (Lipinski definition) is 4. The van der Waals surface area contributed by atoms with E-state index in [-0.39, 0.29) is 42.7 Å². The molecule has 1 fully saturated rings. The Bertz CT molecular complexity index is 573. The maximum atomic E-state index is 12.5. The molecule has 0 heterocycles. The molecule has 1 saturated carbocycles. The second-order valence-electron chi connectivity index (χ2n) is 6.59. The minimum atomic E-state index is -0.589. The third kappa shape index (κ3) is 6.21. The van der Waals surface area contributed by atoms with Crippen LogP contribution >= 0.6 is 12.4 Å². The summed E-state index contributed by atoms with van der Waals surface area (Å²) in [5.74, 6) is 0.480. The van der Waals surface area contributed by atoms with Gasteiger partial charge >= 0.3 is 0 Å². The average Bonchev–Trinajstić information content (AvgIpc) is 3.41. The Morgan fingerprint density at radius 2 is 1.88 bits per heavy atom. The van der Waals surface area contributed by atoms with Gasteiger partial charge in [-0.1, -0.05) is 26.0 Å². The Labute approximate surface area is 155 Å². The van der Waals surface area contributed by atoms with Crippen molar-refractivity contribution < 1.29 is 14.3 Å². The monoisotopic (exact) mass is 369 g/mol. The summed E-state index contributed by atoms with van der Waals surface area (Å²) in [4.78, 5) is 26.2. The summed E-state index contributed by atoms with van der Waals surface area (Å²) in [5, 5.41) is 2.66. The van der Waals surface area contributed by atoms with Crippen molar-refractivity contribution >= 4 is 24.2 Å². The van der Waals surface area contributed by atoms with Crippen LogP contribution in [0.15, 0.2) is 24.3 Å². The summed E-state index contributed by atoms with van der Waals surface area (Å²) in [6.07, 6.45) is 2.03. The second-order valence-corrected chi connectivity index (χ2v) is 6.59. The molecule has 1 atom stereocenters. The number of carbonyl (C=O) groups excluding carboxylic acids is 2. The largest absolute Gasteiger partial charge is 0.497 e. The Balaban J connectivity index is 0.00000312. The van der Waals surface area contributed by atoms with Crippen molar-refractivity contribution in [2.75, 3.05) is 13.7 Å².